The van der Waals surface area contributed by atoms with Crippen LogP contribution in [0.25, 0.3) is 11.1 Å². The van der Waals surface area contributed by atoms with Gasteiger partial charge in [-0.05, 0) is 30.7 Å². The molecule has 21 heavy (non-hydrogen) atoms. The van der Waals surface area contributed by atoms with E-state index < -0.39 is 0 Å². The topological polar surface area (TPSA) is 55.4 Å². The lowest BCUT2D eigenvalue weighted by Gasteiger charge is -2.10. The summed E-state index contributed by atoms with van der Waals surface area (Å²) in [6.07, 6.45) is 0. The second-order valence-electron chi connectivity index (χ2n) is 4.52. The number of benzene rings is 2. The molecule has 0 fully saturated rings. The number of para-hydroxylation sites is 1. The van der Waals surface area contributed by atoms with E-state index in [1.807, 2.05) is 36.4 Å². The predicted octanol–water partition coefficient (Wildman–Crippen LogP) is 3.49. The van der Waals surface area contributed by atoms with Gasteiger partial charge in [0.05, 0.1) is 12.2 Å². The molecular weight excluding hydrogens is 266 g/mol. The maximum atomic E-state index is 11.6. The van der Waals surface area contributed by atoms with Gasteiger partial charge in [0.1, 0.15) is 0 Å². The Bertz CT molecular complexity index is 647. The van der Waals surface area contributed by atoms with Gasteiger partial charge >= 0.3 is 5.97 Å². The van der Waals surface area contributed by atoms with Crippen LogP contribution in [-0.4, -0.2) is 18.5 Å². The summed E-state index contributed by atoms with van der Waals surface area (Å²) < 4.78 is 4.95. The maximum Gasteiger partial charge on any atom is 0.338 e. The zero-order chi connectivity index (χ0) is 15.2. The zero-order valence-corrected chi connectivity index (χ0v) is 12.1. The van der Waals surface area contributed by atoms with Crippen molar-refractivity contribution in [1.29, 1.82) is 0 Å². The van der Waals surface area contributed by atoms with Crippen molar-refractivity contribution in [3.8, 4) is 11.1 Å². The van der Waals surface area contributed by atoms with E-state index in [2.05, 4.69) is 5.32 Å². The number of nitrogens with one attached hydrogen (secondary N) is 1. The molecular formula is C17H17NO3. The summed E-state index contributed by atoms with van der Waals surface area (Å²) in [5, 5.41) is 2.80. The minimum absolute atomic E-state index is 0.120. The molecule has 0 aromatic heterocycles. The molecule has 0 aliphatic carbocycles. The third-order valence-corrected chi connectivity index (χ3v) is 2.94. The Morgan fingerprint density at radius 3 is 2.33 bits per heavy atom. The summed E-state index contributed by atoms with van der Waals surface area (Å²) in [7, 11) is 0. The lowest BCUT2D eigenvalue weighted by molar-refractivity contribution is -0.114. The molecule has 0 aliphatic rings. The first kappa shape index (κ1) is 14.8. The number of carbonyl (C=O) groups excluding carboxylic acids is 2. The van der Waals surface area contributed by atoms with Gasteiger partial charge in [-0.2, -0.15) is 0 Å². The summed E-state index contributed by atoms with van der Waals surface area (Å²) in [5.74, 6) is -0.454. The molecule has 1 amide bonds. The van der Waals surface area contributed by atoms with Gasteiger partial charge in [-0.15, -0.1) is 0 Å². The highest BCUT2D eigenvalue weighted by Crippen LogP contribution is 2.28. The predicted molar refractivity (Wildman–Crippen MR) is 82.1 cm³/mol. The van der Waals surface area contributed by atoms with E-state index >= 15 is 0 Å². The highest BCUT2D eigenvalue weighted by atomic mass is 16.5. The van der Waals surface area contributed by atoms with E-state index in [1.165, 1.54) is 6.92 Å². The minimum Gasteiger partial charge on any atom is -0.462 e. The number of hydrogen-bond donors (Lipinski definition) is 1. The van der Waals surface area contributed by atoms with Crippen molar-refractivity contribution in [3.63, 3.8) is 0 Å². The van der Waals surface area contributed by atoms with Crippen LogP contribution in [0.1, 0.15) is 24.2 Å². The smallest absolute Gasteiger partial charge is 0.338 e. The quantitative estimate of drug-likeness (QED) is 0.874. The van der Waals surface area contributed by atoms with E-state index in [0.29, 0.717) is 12.2 Å². The molecule has 0 heterocycles. The molecule has 1 N–H and O–H groups in total. The van der Waals surface area contributed by atoms with E-state index in [1.54, 1.807) is 19.1 Å². The van der Waals surface area contributed by atoms with Crippen LogP contribution in [0.5, 0.6) is 0 Å². The third kappa shape index (κ3) is 3.69. The highest BCUT2D eigenvalue weighted by Gasteiger charge is 2.09. The Labute approximate surface area is 123 Å². The molecule has 0 unspecified atom stereocenters. The van der Waals surface area contributed by atoms with Gasteiger partial charge < -0.3 is 10.1 Å². The average Bonchev–Trinajstić information content (AvgIpc) is 2.48. The lowest BCUT2D eigenvalue weighted by Crippen LogP contribution is -2.07. The van der Waals surface area contributed by atoms with E-state index in [4.69, 9.17) is 4.74 Å². The molecule has 4 heteroatoms. The Morgan fingerprint density at radius 1 is 1.05 bits per heavy atom. The SMILES string of the molecule is CCOC(=O)c1ccc(-c2ccccc2NC(C)=O)cc1. The first-order valence-electron chi connectivity index (χ1n) is 6.76. The van der Waals surface area contributed by atoms with Crippen LogP contribution in [0.4, 0.5) is 5.69 Å². The van der Waals surface area contributed by atoms with Crippen molar-refractivity contribution in [3.05, 3.63) is 54.1 Å². The fourth-order valence-electron chi connectivity index (χ4n) is 2.03. The van der Waals surface area contributed by atoms with E-state index in [0.717, 1.165) is 16.8 Å². The standard InChI is InChI=1S/C17H17NO3/c1-3-21-17(20)14-10-8-13(9-11-14)15-6-4-5-7-16(15)18-12(2)19/h4-11H,3H2,1-2H3,(H,18,19). The molecule has 4 nitrogen and oxygen atoms in total. The van der Waals surface area contributed by atoms with Gasteiger partial charge in [-0.1, -0.05) is 30.3 Å². The van der Waals surface area contributed by atoms with Crippen molar-refractivity contribution in [2.24, 2.45) is 0 Å². The molecule has 2 aromatic rings. The second kappa shape index (κ2) is 6.70. The van der Waals surface area contributed by atoms with Crippen molar-refractivity contribution in [2.75, 3.05) is 11.9 Å². The molecule has 0 radical (unpaired) electrons. The Balaban J connectivity index is 2.31. The Kier molecular flexibility index (Phi) is 4.72. The summed E-state index contributed by atoms with van der Waals surface area (Å²) >= 11 is 0. The number of anilines is 1. The first-order valence-corrected chi connectivity index (χ1v) is 6.76. The van der Waals surface area contributed by atoms with Gasteiger partial charge in [-0.3, -0.25) is 4.79 Å². The molecule has 2 rings (SSSR count). The van der Waals surface area contributed by atoms with Crippen molar-refractivity contribution in [1.82, 2.24) is 0 Å². The van der Waals surface area contributed by atoms with Crippen LogP contribution >= 0.6 is 0 Å². The maximum absolute atomic E-state index is 11.6. The molecule has 2 aromatic carbocycles. The molecule has 0 bridgehead atoms. The zero-order valence-electron chi connectivity index (χ0n) is 12.1. The first-order chi connectivity index (χ1) is 10.1. The summed E-state index contributed by atoms with van der Waals surface area (Å²) in [4.78, 5) is 22.9. The van der Waals surface area contributed by atoms with Crippen molar-refractivity contribution >= 4 is 17.6 Å². The number of rotatable bonds is 4. The second-order valence-corrected chi connectivity index (χ2v) is 4.52. The van der Waals surface area contributed by atoms with Gasteiger partial charge in [0, 0.05) is 18.2 Å². The Hall–Kier alpha value is -2.62. The van der Waals surface area contributed by atoms with Crippen LogP contribution in [0.2, 0.25) is 0 Å². The molecule has 108 valence electrons. The van der Waals surface area contributed by atoms with Crippen LogP contribution in [0, 0.1) is 0 Å². The minimum atomic E-state index is -0.334. The molecule has 0 aliphatic heterocycles. The van der Waals surface area contributed by atoms with Crippen molar-refractivity contribution < 1.29 is 14.3 Å². The van der Waals surface area contributed by atoms with Gasteiger partial charge in [0.2, 0.25) is 5.91 Å². The molecule has 0 spiro atoms. The normalized spacial score (nSPS) is 10.0. The third-order valence-electron chi connectivity index (χ3n) is 2.94. The number of ether oxygens (including phenoxy) is 1. The monoisotopic (exact) mass is 283 g/mol. The highest BCUT2D eigenvalue weighted by molar-refractivity contribution is 5.95. The van der Waals surface area contributed by atoms with E-state index in [9.17, 15) is 9.59 Å². The Morgan fingerprint density at radius 2 is 1.71 bits per heavy atom. The molecule has 0 saturated carbocycles. The fourth-order valence-corrected chi connectivity index (χ4v) is 2.03. The summed E-state index contributed by atoms with van der Waals surface area (Å²) in [5.41, 5.74) is 3.09. The summed E-state index contributed by atoms with van der Waals surface area (Å²) in [6, 6.07) is 14.7. The number of amides is 1. The van der Waals surface area contributed by atoms with E-state index in [-0.39, 0.29) is 11.9 Å². The lowest BCUT2D eigenvalue weighted by atomic mass is 10.0. The van der Waals surface area contributed by atoms with Gasteiger partial charge in [-0.25, -0.2) is 4.79 Å². The number of carbonyl (C=O) groups is 2. The van der Waals surface area contributed by atoms with Crippen LogP contribution < -0.4 is 5.32 Å². The molecule has 0 saturated heterocycles. The molecule has 0 atom stereocenters. The largest absolute Gasteiger partial charge is 0.462 e. The number of hydrogen-bond acceptors (Lipinski definition) is 3. The number of esters is 1. The fraction of sp³-hybridized carbons (Fsp3) is 0.176. The average molecular weight is 283 g/mol. The van der Waals surface area contributed by atoms with Crippen LogP contribution in [0.3, 0.4) is 0 Å². The van der Waals surface area contributed by atoms with Gasteiger partial charge in [0.25, 0.3) is 0 Å². The van der Waals surface area contributed by atoms with Crippen LogP contribution in [0.15, 0.2) is 48.5 Å². The van der Waals surface area contributed by atoms with Gasteiger partial charge in [0.15, 0.2) is 0 Å². The van der Waals surface area contributed by atoms with Crippen molar-refractivity contribution in [2.45, 2.75) is 13.8 Å². The summed E-state index contributed by atoms with van der Waals surface area (Å²) in [6.45, 7) is 3.60. The van der Waals surface area contributed by atoms with Crippen LogP contribution in [-0.2, 0) is 9.53 Å².